The molecule has 3 aromatic rings. The number of nitrogens with zero attached hydrogens (tertiary/aromatic N) is 5. The second-order valence-corrected chi connectivity index (χ2v) is 7.68. The van der Waals surface area contributed by atoms with Crippen molar-refractivity contribution in [2.24, 2.45) is 0 Å². The largest absolute Gasteiger partial charge is 0.315 e. The summed E-state index contributed by atoms with van der Waals surface area (Å²) in [6.45, 7) is -0.123. The number of tetrazole rings is 1. The Morgan fingerprint density at radius 3 is 2.82 bits per heavy atom. The molecule has 0 aliphatic heterocycles. The molecule has 0 saturated carbocycles. The van der Waals surface area contributed by atoms with Crippen LogP contribution in [-0.4, -0.2) is 26.1 Å². The molecule has 142 valence electrons. The number of hydrogen-bond acceptors (Lipinski definition) is 6. The van der Waals surface area contributed by atoms with Crippen LogP contribution >= 0.6 is 11.3 Å². The maximum atomic E-state index is 13.0. The number of aryl methyl sites for hydroxylation is 1. The van der Waals surface area contributed by atoms with Crippen molar-refractivity contribution in [1.82, 2.24) is 20.2 Å². The monoisotopic (exact) mass is 396 g/mol. The van der Waals surface area contributed by atoms with Gasteiger partial charge in [0.2, 0.25) is 11.7 Å². The first-order chi connectivity index (χ1) is 13.6. The number of halogens is 1. The lowest BCUT2D eigenvalue weighted by molar-refractivity contribution is -0.117. The predicted octanol–water partition coefficient (Wildman–Crippen LogP) is 3.32. The third-order valence-corrected chi connectivity index (χ3v) is 5.83. The summed E-state index contributed by atoms with van der Waals surface area (Å²) in [4.78, 5) is 14.8. The van der Waals surface area contributed by atoms with Gasteiger partial charge in [-0.3, -0.25) is 4.79 Å². The average molecular weight is 396 g/mol. The van der Waals surface area contributed by atoms with E-state index in [1.165, 1.54) is 39.6 Å². The van der Waals surface area contributed by atoms with Gasteiger partial charge in [0.05, 0.1) is 5.56 Å². The minimum atomic E-state index is -0.349. The Kier molecular flexibility index (Phi) is 5.12. The van der Waals surface area contributed by atoms with Gasteiger partial charge in [-0.2, -0.15) is 10.1 Å². The summed E-state index contributed by atoms with van der Waals surface area (Å²) in [7, 11) is 0. The van der Waals surface area contributed by atoms with E-state index in [-0.39, 0.29) is 18.3 Å². The van der Waals surface area contributed by atoms with Crippen LogP contribution in [0, 0.1) is 17.1 Å². The van der Waals surface area contributed by atoms with E-state index in [0.717, 1.165) is 31.2 Å². The van der Waals surface area contributed by atoms with Gasteiger partial charge in [0.15, 0.2) is 0 Å². The molecule has 7 nitrogen and oxygen atoms in total. The van der Waals surface area contributed by atoms with Gasteiger partial charge in [-0.05, 0) is 60.7 Å². The number of benzene rings is 1. The molecular weight excluding hydrogens is 379 g/mol. The van der Waals surface area contributed by atoms with Crippen LogP contribution in [0.4, 0.5) is 9.39 Å². The smallest absolute Gasteiger partial charge is 0.248 e. The van der Waals surface area contributed by atoms with Gasteiger partial charge in [-0.1, -0.05) is 6.42 Å². The van der Waals surface area contributed by atoms with E-state index in [2.05, 4.69) is 26.8 Å². The van der Waals surface area contributed by atoms with Crippen molar-refractivity contribution in [3.8, 4) is 17.5 Å². The Bertz CT molecular complexity index is 1050. The highest BCUT2D eigenvalue weighted by atomic mass is 32.1. The molecule has 1 amide bonds. The highest BCUT2D eigenvalue weighted by Crippen LogP contribution is 2.36. The quantitative estimate of drug-likeness (QED) is 0.683. The van der Waals surface area contributed by atoms with Crippen LogP contribution in [0.15, 0.2) is 24.3 Å². The number of rotatable bonds is 4. The van der Waals surface area contributed by atoms with Crippen molar-refractivity contribution in [3.63, 3.8) is 0 Å². The van der Waals surface area contributed by atoms with Gasteiger partial charge in [0, 0.05) is 10.4 Å². The van der Waals surface area contributed by atoms with Crippen LogP contribution in [0.25, 0.3) is 11.4 Å². The number of aromatic nitrogens is 4. The molecule has 1 aromatic carbocycles. The lowest BCUT2D eigenvalue weighted by Gasteiger charge is -2.03. The summed E-state index contributed by atoms with van der Waals surface area (Å²) in [6.07, 6.45) is 5.19. The Morgan fingerprint density at radius 1 is 1.25 bits per heavy atom. The lowest BCUT2D eigenvalue weighted by Crippen LogP contribution is -2.20. The summed E-state index contributed by atoms with van der Waals surface area (Å²) in [5.41, 5.74) is 2.27. The van der Waals surface area contributed by atoms with E-state index in [9.17, 15) is 14.4 Å². The summed E-state index contributed by atoms with van der Waals surface area (Å²) in [5.74, 6) is -0.359. The number of anilines is 1. The van der Waals surface area contributed by atoms with Crippen molar-refractivity contribution in [2.75, 3.05) is 5.32 Å². The van der Waals surface area contributed by atoms with Crippen LogP contribution in [0.1, 0.15) is 35.3 Å². The van der Waals surface area contributed by atoms with E-state index >= 15 is 0 Å². The Hall–Kier alpha value is -3.12. The zero-order valence-electron chi connectivity index (χ0n) is 15.0. The molecule has 1 N–H and O–H groups in total. The molecule has 0 saturated heterocycles. The van der Waals surface area contributed by atoms with Gasteiger partial charge < -0.3 is 5.32 Å². The van der Waals surface area contributed by atoms with Crippen LogP contribution in [-0.2, 0) is 24.2 Å². The first kappa shape index (κ1) is 18.3. The molecule has 2 aromatic heterocycles. The van der Waals surface area contributed by atoms with Crippen LogP contribution < -0.4 is 5.32 Å². The van der Waals surface area contributed by atoms with Gasteiger partial charge in [-0.25, -0.2) is 4.39 Å². The van der Waals surface area contributed by atoms with E-state index in [0.29, 0.717) is 22.0 Å². The zero-order chi connectivity index (χ0) is 19.5. The van der Waals surface area contributed by atoms with Crippen LogP contribution in [0.2, 0.25) is 0 Å². The Labute approximate surface area is 164 Å². The molecule has 0 fully saturated rings. The third-order valence-electron chi connectivity index (χ3n) is 4.63. The fraction of sp³-hybridized carbons (Fsp3) is 0.316. The predicted molar refractivity (Wildman–Crippen MR) is 102 cm³/mol. The minimum Gasteiger partial charge on any atom is -0.315 e. The van der Waals surface area contributed by atoms with Crippen LogP contribution in [0.5, 0.6) is 0 Å². The molecule has 0 atom stereocenters. The van der Waals surface area contributed by atoms with Gasteiger partial charge in [-0.15, -0.1) is 21.5 Å². The highest BCUT2D eigenvalue weighted by molar-refractivity contribution is 7.16. The lowest BCUT2D eigenvalue weighted by atomic mass is 10.1. The molecular formula is C19H17FN6OS. The number of nitrogens with one attached hydrogen (secondary N) is 1. The van der Waals surface area contributed by atoms with Crippen molar-refractivity contribution in [3.05, 3.63) is 46.1 Å². The molecule has 4 rings (SSSR count). The molecule has 9 heteroatoms. The summed E-state index contributed by atoms with van der Waals surface area (Å²) in [5, 5.41) is 24.9. The molecule has 28 heavy (non-hydrogen) atoms. The van der Waals surface area contributed by atoms with Crippen molar-refractivity contribution in [1.29, 1.82) is 5.26 Å². The summed E-state index contributed by atoms with van der Waals surface area (Å²) >= 11 is 1.49. The van der Waals surface area contributed by atoms with Gasteiger partial charge in [0.25, 0.3) is 0 Å². The molecule has 1 aliphatic rings. The van der Waals surface area contributed by atoms with Crippen molar-refractivity contribution in [2.45, 2.75) is 38.6 Å². The minimum absolute atomic E-state index is 0.123. The first-order valence-corrected chi connectivity index (χ1v) is 9.84. The zero-order valence-corrected chi connectivity index (χ0v) is 15.8. The molecule has 0 unspecified atom stereocenters. The second kappa shape index (κ2) is 7.86. The van der Waals surface area contributed by atoms with E-state index in [1.54, 1.807) is 12.1 Å². The fourth-order valence-corrected chi connectivity index (χ4v) is 4.52. The van der Waals surface area contributed by atoms with Crippen LogP contribution in [0.3, 0.4) is 0 Å². The molecule has 0 spiro atoms. The fourth-order valence-electron chi connectivity index (χ4n) is 3.27. The Morgan fingerprint density at radius 2 is 2.04 bits per heavy atom. The Balaban J connectivity index is 1.47. The number of nitriles is 1. The standard InChI is InChI=1S/C19H17FN6OS/c20-13-8-6-12(7-9-13)18-23-25-26(24-18)11-17(27)22-19-15(10-21)14-4-2-1-3-5-16(14)28-19/h6-9H,1-5,11H2,(H,22,27). The van der Waals surface area contributed by atoms with Gasteiger partial charge >= 0.3 is 0 Å². The van der Waals surface area contributed by atoms with Gasteiger partial charge in [0.1, 0.15) is 23.4 Å². The van der Waals surface area contributed by atoms with E-state index < -0.39 is 0 Å². The number of thiophene rings is 1. The summed E-state index contributed by atoms with van der Waals surface area (Å²) < 4.78 is 13.0. The molecule has 1 aliphatic carbocycles. The highest BCUT2D eigenvalue weighted by Gasteiger charge is 2.21. The molecule has 2 heterocycles. The SMILES string of the molecule is N#Cc1c(NC(=O)Cn2nnc(-c3ccc(F)cc3)n2)sc2c1CCCCC2. The topological polar surface area (TPSA) is 96.5 Å². The summed E-state index contributed by atoms with van der Waals surface area (Å²) in [6, 6.07) is 7.97. The number of carbonyl (C=O) groups excluding carboxylic acids is 1. The van der Waals surface area contributed by atoms with Crippen molar-refractivity contribution >= 4 is 22.2 Å². The first-order valence-electron chi connectivity index (χ1n) is 9.02. The number of hydrogen-bond donors (Lipinski definition) is 1. The molecule has 0 bridgehead atoms. The number of amides is 1. The average Bonchev–Trinajstić information content (AvgIpc) is 3.19. The number of carbonyl (C=O) groups is 1. The maximum Gasteiger partial charge on any atom is 0.248 e. The molecule has 0 radical (unpaired) electrons. The van der Waals surface area contributed by atoms with E-state index in [4.69, 9.17) is 0 Å². The third kappa shape index (κ3) is 3.77. The van der Waals surface area contributed by atoms with E-state index in [1.807, 2.05) is 0 Å². The number of fused-ring (bicyclic) bond motifs is 1. The second-order valence-electron chi connectivity index (χ2n) is 6.58. The van der Waals surface area contributed by atoms with Crippen molar-refractivity contribution < 1.29 is 9.18 Å². The maximum absolute atomic E-state index is 13.0. The normalized spacial score (nSPS) is 13.4.